The molecule has 1 aromatic carbocycles. The molecule has 2 aromatic rings. The molecule has 0 spiro atoms. The Morgan fingerprint density at radius 2 is 2.24 bits per heavy atom. The molecule has 0 aliphatic heterocycles. The Hall–Kier alpha value is -2.04. The summed E-state index contributed by atoms with van der Waals surface area (Å²) in [6, 6.07) is 10.6. The summed E-state index contributed by atoms with van der Waals surface area (Å²) in [6.45, 7) is 0.370. The molecule has 1 aromatic heterocycles. The van der Waals surface area contributed by atoms with Gasteiger partial charge in [0.05, 0.1) is 12.4 Å². The van der Waals surface area contributed by atoms with Gasteiger partial charge in [-0.2, -0.15) is 0 Å². The average molecular weight is 306 g/mol. The summed E-state index contributed by atoms with van der Waals surface area (Å²) < 4.78 is 5.08. The maximum Gasteiger partial charge on any atom is 0.244 e. The zero-order chi connectivity index (χ0) is 15.1. The summed E-state index contributed by atoms with van der Waals surface area (Å²) in [7, 11) is 0. The largest absolute Gasteiger partial charge is 0.465 e. The number of aliphatic hydroxyl groups excluding tert-OH is 1. The fourth-order valence-electron chi connectivity index (χ4n) is 1.82. The van der Waals surface area contributed by atoms with E-state index in [4.69, 9.17) is 16.0 Å². The monoisotopic (exact) mass is 305 g/mol. The van der Waals surface area contributed by atoms with Crippen LogP contribution in [-0.4, -0.2) is 17.6 Å². The van der Waals surface area contributed by atoms with E-state index in [-0.39, 0.29) is 5.91 Å². The Morgan fingerprint density at radius 1 is 1.38 bits per heavy atom. The van der Waals surface area contributed by atoms with E-state index in [0.717, 1.165) is 5.56 Å². The SMILES string of the molecule is O=C(/C=C/c1ccco1)NCC[C@H](O)c1cccc(Cl)c1. The normalized spacial score (nSPS) is 12.5. The molecule has 5 heteroatoms. The van der Waals surface area contributed by atoms with Gasteiger partial charge in [-0.25, -0.2) is 0 Å². The first kappa shape index (κ1) is 15.4. The van der Waals surface area contributed by atoms with Crippen molar-refractivity contribution in [1.29, 1.82) is 0 Å². The minimum absolute atomic E-state index is 0.232. The number of halogens is 1. The first-order chi connectivity index (χ1) is 10.1. The quantitative estimate of drug-likeness (QED) is 0.806. The molecule has 21 heavy (non-hydrogen) atoms. The van der Waals surface area contributed by atoms with Crippen LogP contribution < -0.4 is 5.32 Å². The number of hydrogen-bond acceptors (Lipinski definition) is 3. The first-order valence-corrected chi connectivity index (χ1v) is 6.96. The summed E-state index contributed by atoms with van der Waals surface area (Å²) in [6.07, 6.45) is 4.28. The minimum atomic E-state index is -0.655. The van der Waals surface area contributed by atoms with E-state index in [1.165, 1.54) is 6.08 Å². The highest BCUT2D eigenvalue weighted by Crippen LogP contribution is 2.19. The smallest absolute Gasteiger partial charge is 0.244 e. The molecule has 0 saturated heterocycles. The zero-order valence-corrected chi connectivity index (χ0v) is 12.1. The number of carbonyl (C=O) groups excluding carboxylic acids is 1. The van der Waals surface area contributed by atoms with Crippen LogP contribution in [0.4, 0.5) is 0 Å². The molecule has 110 valence electrons. The summed E-state index contributed by atoms with van der Waals surface area (Å²) in [4.78, 5) is 11.6. The van der Waals surface area contributed by atoms with Crippen LogP contribution >= 0.6 is 11.6 Å². The van der Waals surface area contributed by atoms with Crippen LogP contribution in [0, 0.1) is 0 Å². The van der Waals surface area contributed by atoms with Crippen molar-refractivity contribution in [2.24, 2.45) is 0 Å². The van der Waals surface area contributed by atoms with Crippen LogP contribution in [-0.2, 0) is 4.79 Å². The van der Waals surface area contributed by atoms with Gasteiger partial charge in [-0.1, -0.05) is 23.7 Å². The highest BCUT2D eigenvalue weighted by Gasteiger charge is 2.08. The molecule has 0 fully saturated rings. The zero-order valence-electron chi connectivity index (χ0n) is 11.3. The molecular formula is C16H16ClNO3. The fraction of sp³-hybridized carbons (Fsp3) is 0.188. The molecule has 1 atom stereocenters. The number of carbonyl (C=O) groups is 1. The van der Waals surface area contributed by atoms with E-state index in [0.29, 0.717) is 23.7 Å². The number of aliphatic hydroxyl groups is 1. The molecule has 0 bridgehead atoms. The molecule has 2 N–H and O–H groups in total. The maximum atomic E-state index is 11.6. The van der Waals surface area contributed by atoms with Crippen LogP contribution in [0.25, 0.3) is 6.08 Å². The summed E-state index contributed by atoms with van der Waals surface area (Å²) in [5.74, 6) is 0.383. The number of benzene rings is 1. The maximum absolute atomic E-state index is 11.6. The number of rotatable bonds is 6. The average Bonchev–Trinajstić information content (AvgIpc) is 2.98. The Morgan fingerprint density at radius 3 is 2.95 bits per heavy atom. The van der Waals surface area contributed by atoms with Crippen molar-refractivity contribution in [3.05, 3.63) is 65.1 Å². The van der Waals surface area contributed by atoms with Crippen LogP contribution in [0.5, 0.6) is 0 Å². The van der Waals surface area contributed by atoms with Gasteiger partial charge in [-0.05, 0) is 42.3 Å². The molecule has 1 amide bonds. The second kappa shape index (κ2) is 7.67. The van der Waals surface area contributed by atoms with E-state index in [2.05, 4.69) is 5.32 Å². The number of nitrogens with one attached hydrogen (secondary N) is 1. The van der Waals surface area contributed by atoms with E-state index in [9.17, 15) is 9.90 Å². The lowest BCUT2D eigenvalue weighted by atomic mass is 10.1. The van der Waals surface area contributed by atoms with E-state index in [1.54, 1.807) is 48.7 Å². The summed E-state index contributed by atoms with van der Waals surface area (Å²) in [5.41, 5.74) is 0.739. The summed E-state index contributed by atoms with van der Waals surface area (Å²) >= 11 is 5.86. The molecule has 0 radical (unpaired) electrons. The third kappa shape index (κ3) is 5.10. The van der Waals surface area contributed by atoms with Crippen molar-refractivity contribution >= 4 is 23.6 Å². The molecule has 0 aliphatic rings. The molecule has 1 heterocycles. The number of amides is 1. The molecule has 0 aliphatic carbocycles. The van der Waals surface area contributed by atoms with Crippen LogP contribution in [0.15, 0.2) is 53.2 Å². The van der Waals surface area contributed by atoms with Gasteiger partial charge in [-0.3, -0.25) is 4.79 Å². The van der Waals surface area contributed by atoms with E-state index in [1.807, 2.05) is 0 Å². The van der Waals surface area contributed by atoms with Crippen molar-refractivity contribution in [2.75, 3.05) is 6.54 Å². The van der Waals surface area contributed by atoms with Gasteiger partial charge in [0, 0.05) is 17.6 Å². The van der Waals surface area contributed by atoms with Crippen molar-refractivity contribution in [3.8, 4) is 0 Å². The molecule has 2 rings (SSSR count). The van der Waals surface area contributed by atoms with E-state index < -0.39 is 6.10 Å². The standard InChI is InChI=1S/C16H16ClNO3/c17-13-4-1-3-12(11-13)15(19)8-9-18-16(20)7-6-14-5-2-10-21-14/h1-7,10-11,15,19H,8-9H2,(H,18,20)/b7-6+/t15-/m0/s1. The first-order valence-electron chi connectivity index (χ1n) is 6.58. The Bertz CT molecular complexity index is 608. The lowest BCUT2D eigenvalue weighted by Gasteiger charge is -2.11. The molecular weight excluding hydrogens is 290 g/mol. The molecule has 0 saturated carbocycles. The fourth-order valence-corrected chi connectivity index (χ4v) is 2.01. The van der Waals surface area contributed by atoms with Crippen LogP contribution in [0.3, 0.4) is 0 Å². The lowest BCUT2D eigenvalue weighted by molar-refractivity contribution is -0.116. The highest BCUT2D eigenvalue weighted by atomic mass is 35.5. The van der Waals surface area contributed by atoms with Gasteiger partial charge in [0.2, 0.25) is 5.91 Å². The third-order valence-electron chi connectivity index (χ3n) is 2.89. The van der Waals surface area contributed by atoms with Crippen molar-refractivity contribution in [1.82, 2.24) is 5.32 Å². The van der Waals surface area contributed by atoms with Gasteiger partial charge >= 0.3 is 0 Å². The number of furan rings is 1. The Kier molecular flexibility index (Phi) is 5.60. The second-order valence-corrected chi connectivity index (χ2v) is 4.94. The Balaban J connectivity index is 1.75. The predicted molar refractivity (Wildman–Crippen MR) is 81.8 cm³/mol. The van der Waals surface area contributed by atoms with Gasteiger partial charge in [0.25, 0.3) is 0 Å². The van der Waals surface area contributed by atoms with E-state index >= 15 is 0 Å². The minimum Gasteiger partial charge on any atom is -0.465 e. The van der Waals surface area contributed by atoms with Gasteiger partial charge in [-0.15, -0.1) is 0 Å². The Labute approximate surface area is 128 Å². The summed E-state index contributed by atoms with van der Waals surface area (Å²) in [5, 5.41) is 13.3. The topological polar surface area (TPSA) is 62.5 Å². The highest BCUT2D eigenvalue weighted by molar-refractivity contribution is 6.30. The van der Waals surface area contributed by atoms with Crippen molar-refractivity contribution in [2.45, 2.75) is 12.5 Å². The predicted octanol–water partition coefficient (Wildman–Crippen LogP) is 3.19. The van der Waals surface area contributed by atoms with Gasteiger partial charge < -0.3 is 14.8 Å². The van der Waals surface area contributed by atoms with Crippen LogP contribution in [0.2, 0.25) is 5.02 Å². The van der Waals surface area contributed by atoms with Crippen molar-refractivity contribution < 1.29 is 14.3 Å². The van der Waals surface area contributed by atoms with Crippen LogP contribution in [0.1, 0.15) is 23.8 Å². The third-order valence-corrected chi connectivity index (χ3v) is 3.13. The van der Waals surface area contributed by atoms with Gasteiger partial charge in [0.1, 0.15) is 5.76 Å². The molecule has 4 nitrogen and oxygen atoms in total. The second-order valence-electron chi connectivity index (χ2n) is 4.50. The van der Waals surface area contributed by atoms with Gasteiger partial charge in [0.15, 0.2) is 0 Å². The molecule has 0 unspecified atom stereocenters. The van der Waals surface area contributed by atoms with Crippen molar-refractivity contribution in [3.63, 3.8) is 0 Å². The number of hydrogen-bond donors (Lipinski definition) is 2. The lowest BCUT2D eigenvalue weighted by Crippen LogP contribution is -2.23.